The molecule has 2 rings (SSSR count). The SMILES string of the molecule is COc1cc(Cl)c(C)cc1NCC1(CO)CCC1. The van der Waals surface area contributed by atoms with E-state index in [4.69, 9.17) is 16.3 Å². The highest BCUT2D eigenvalue weighted by molar-refractivity contribution is 6.31. The lowest BCUT2D eigenvalue weighted by molar-refractivity contribution is 0.0576. The van der Waals surface area contributed by atoms with Crippen molar-refractivity contribution in [1.29, 1.82) is 0 Å². The normalized spacial score (nSPS) is 17.1. The molecule has 1 aliphatic rings. The van der Waals surface area contributed by atoms with Crippen LogP contribution in [0.25, 0.3) is 0 Å². The molecule has 0 radical (unpaired) electrons. The van der Waals surface area contributed by atoms with Crippen molar-refractivity contribution in [3.63, 3.8) is 0 Å². The van der Waals surface area contributed by atoms with Gasteiger partial charge in [0.2, 0.25) is 0 Å². The average Bonchev–Trinajstić information content (AvgIpc) is 2.32. The van der Waals surface area contributed by atoms with Crippen molar-refractivity contribution in [3.8, 4) is 5.75 Å². The number of halogens is 1. The zero-order valence-electron chi connectivity index (χ0n) is 10.9. The van der Waals surface area contributed by atoms with Crippen molar-refractivity contribution in [3.05, 3.63) is 22.7 Å². The Hall–Kier alpha value is -0.930. The van der Waals surface area contributed by atoms with Crippen molar-refractivity contribution < 1.29 is 9.84 Å². The number of aliphatic hydroxyl groups is 1. The number of aliphatic hydroxyl groups excluding tert-OH is 1. The highest BCUT2D eigenvalue weighted by Crippen LogP contribution is 2.41. The number of hydrogen-bond acceptors (Lipinski definition) is 3. The Kier molecular flexibility index (Phi) is 4.03. The van der Waals surface area contributed by atoms with E-state index in [1.54, 1.807) is 7.11 Å². The molecule has 0 atom stereocenters. The number of hydrogen-bond donors (Lipinski definition) is 2. The summed E-state index contributed by atoms with van der Waals surface area (Å²) in [5.74, 6) is 0.748. The lowest BCUT2D eigenvalue weighted by atomic mass is 9.69. The van der Waals surface area contributed by atoms with Crippen LogP contribution in [0.4, 0.5) is 5.69 Å². The van der Waals surface area contributed by atoms with E-state index in [-0.39, 0.29) is 12.0 Å². The van der Waals surface area contributed by atoms with Gasteiger partial charge in [-0.05, 0) is 31.4 Å². The molecular formula is C14H20ClNO2. The molecule has 1 aliphatic carbocycles. The van der Waals surface area contributed by atoms with E-state index in [0.29, 0.717) is 5.02 Å². The van der Waals surface area contributed by atoms with Crippen LogP contribution in [0.1, 0.15) is 24.8 Å². The van der Waals surface area contributed by atoms with Crippen molar-refractivity contribution in [2.75, 3.05) is 25.6 Å². The molecule has 100 valence electrons. The summed E-state index contributed by atoms with van der Waals surface area (Å²) in [6, 6.07) is 3.82. The summed E-state index contributed by atoms with van der Waals surface area (Å²) in [6.45, 7) is 2.99. The van der Waals surface area contributed by atoms with E-state index in [1.807, 2.05) is 19.1 Å². The maximum absolute atomic E-state index is 9.45. The molecule has 18 heavy (non-hydrogen) atoms. The molecule has 1 aromatic rings. The molecule has 1 saturated carbocycles. The smallest absolute Gasteiger partial charge is 0.143 e. The van der Waals surface area contributed by atoms with Gasteiger partial charge in [-0.15, -0.1) is 0 Å². The maximum atomic E-state index is 9.45. The van der Waals surface area contributed by atoms with E-state index in [2.05, 4.69) is 5.32 Å². The summed E-state index contributed by atoms with van der Waals surface area (Å²) in [6.07, 6.45) is 3.38. The zero-order valence-corrected chi connectivity index (χ0v) is 11.7. The van der Waals surface area contributed by atoms with Crippen LogP contribution in [0.5, 0.6) is 5.75 Å². The van der Waals surface area contributed by atoms with Crippen LogP contribution in [0, 0.1) is 12.3 Å². The molecule has 4 heteroatoms. The number of ether oxygens (including phenoxy) is 1. The number of benzene rings is 1. The minimum absolute atomic E-state index is 0.0541. The number of nitrogens with one attached hydrogen (secondary N) is 1. The van der Waals surface area contributed by atoms with Crippen molar-refractivity contribution >= 4 is 17.3 Å². The first-order chi connectivity index (χ1) is 8.60. The lowest BCUT2D eigenvalue weighted by Gasteiger charge is -2.40. The molecule has 0 aliphatic heterocycles. The quantitative estimate of drug-likeness (QED) is 0.862. The van der Waals surface area contributed by atoms with Crippen LogP contribution in [0.2, 0.25) is 5.02 Å². The van der Waals surface area contributed by atoms with Gasteiger partial charge in [-0.3, -0.25) is 0 Å². The summed E-state index contributed by atoms with van der Waals surface area (Å²) < 4.78 is 5.32. The Morgan fingerprint density at radius 1 is 1.44 bits per heavy atom. The van der Waals surface area contributed by atoms with E-state index in [0.717, 1.165) is 36.4 Å². The van der Waals surface area contributed by atoms with Crippen LogP contribution < -0.4 is 10.1 Å². The summed E-state index contributed by atoms with van der Waals surface area (Å²) >= 11 is 6.07. The van der Waals surface area contributed by atoms with E-state index in [9.17, 15) is 5.11 Å². The first-order valence-electron chi connectivity index (χ1n) is 6.29. The molecule has 3 nitrogen and oxygen atoms in total. The molecule has 1 aromatic carbocycles. The average molecular weight is 270 g/mol. The Balaban J connectivity index is 2.11. The van der Waals surface area contributed by atoms with Gasteiger partial charge in [0, 0.05) is 23.0 Å². The van der Waals surface area contributed by atoms with Gasteiger partial charge in [0.25, 0.3) is 0 Å². The van der Waals surface area contributed by atoms with Gasteiger partial charge in [-0.25, -0.2) is 0 Å². The predicted molar refractivity (Wildman–Crippen MR) is 74.6 cm³/mol. The second kappa shape index (κ2) is 5.37. The Labute approximate surface area is 113 Å². The van der Waals surface area contributed by atoms with Crippen LogP contribution in [-0.4, -0.2) is 25.4 Å². The van der Waals surface area contributed by atoms with Crippen LogP contribution in [0.3, 0.4) is 0 Å². The van der Waals surface area contributed by atoms with Crippen molar-refractivity contribution in [2.45, 2.75) is 26.2 Å². The monoisotopic (exact) mass is 269 g/mol. The highest BCUT2D eigenvalue weighted by Gasteiger charge is 2.36. The fourth-order valence-electron chi connectivity index (χ4n) is 2.32. The second-order valence-corrected chi connectivity index (χ2v) is 5.57. The topological polar surface area (TPSA) is 41.5 Å². The van der Waals surface area contributed by atoms with Gasteiger partial charge < -0.3 is 15.2 Å². The number of methoxy groups -OCH3 is 1. The highest BCUT2D eigenvalue weighted by atomic mass is 35.5. The van der Waals surface area contributed by atoms with Gasteiger partial charge in [0.15, 0.2) is 0 Å². The van der Waals surface area contributed by atoms with Gasteiger partial charge in [-0.1, -0.05) is 18.0 Å². The Bertz CT molecular complexity index is 425. The molecule has 0 aromatic heterocycles. The van der Waals surface area contributed by atoms with Gasteiger partial charge in [0.05, 0.1) is 19.4 Å². The molecule has 0 unspecified atom stereocenters. The minimum Gasteiger partial charge on any atom is -0.495 e. The number of aryl methyl sites for hydroxylation is 1. The summed E-state index contributed by atoms with van der Waals surface area (Å²) in [5, 5.41) is 13.5. The Morgan fingerprint density at radius 2 is 2.17 bits per heavy atom. The van der Waals surface area contributed by atoms with E-state index >= 15 is 0 Å². The Morgan fingerprint density at radius 3 is 2.67 bits per heavy atom. The van der Waals surface area contributed by atoms with Crippen molar-refractivity contribution in [2.24, 2.45) is 5.41 Å². The lowest BCUT2D eigenvalue weighted by Crippen LogP contribution is -2.39. The second-order valence-electron chi connectivity index (χ2n) is 5.17. The molecule has 2 N–H and O–H groups in total. The van der Waals surface area contributed by atoms with Crippen LogP contribution >= 0.6 is 11.6 Å². The van der Waals surface area contributed by atoms with Crippen molar-refractivity contribution in [1.82, 2.24) is 0 Å². The van der Waals surface area contributed by atoms with E-state index in [1.165, 1.54) is 6.42 Å². The third-order valence-electron chi connectivity index (χ3n) is 3.88. The van der Waals surface area contributed by atoms with Gasteiger partial charge >= 0.3 is 0 Å². The largest absolute Gasteiger partial charge is 0.495 e. The van der Waals surface area contributed by atoms with Crippen LogP contribution in [0.15, 0.2) is 12.1 Å². The summed E-state index contributed by atoms with van der Waals surface area (Å²) in [5.41, 5.74) is 2.02. The fourth-order valence-corrected chi connectivity index (χ4v) is 2.47. The van der Waals surface area contributed by atoms with Gasteiger partial charge in [-0.2, -0.15) is 0 Å². The first-order valence-corrected chi connectivity index (χ1v) is 6.67. The standard InChI is InChI=1S/C14H20ClNO2/c1-10-6-12(13(18-2)7-11(10)15)16-8-14(9-17)4-3-5-14/h6-7,16-17H,3-5,8-9H2,1-2H3. The maximum Gasteiger partial charge on any atom is 0.143 e. The minimum atomic E-state index is 0.0541. The number of rotatable bonds is 5. The third kappa shape index (κ3) is 2.57. The molecular weight excluding hydrogens is 250 g/mol. The fraction of sp³-hybridized carbons (Fsp3) is 0.571. The summed E-state index contributed by atoms with van der Waals surface area (Å²) in [7, 11) is 1.64. The van der Waals surface area contributed by atoms with Gasteiger partial charge in [0.1, 0.15) is 5.75 Å². The predicted octanol–water partition coefficient (Wildman–Crippen LogP) is 3.23. The zero-order chi connectivity index (χ0) is 13.2. The third-order valence-corrected chi connectivity index (χ3v) is 4.29. The van der Waals surface area contributed by atoms with E-state index < -0.39 is 0 Å². The first kappa shape index (κ1) is 13.5. The van der Waals surface area contributed by atoms with Crippen LogP contribution in [-0.2, 0) is 0 Å². The molecule has 1 fully saturated rings. The molecule has 0 bridgehead atoms. The molecule has 0 saturated heterocycles. The molecule has 0 spiro atoms. The number of anilines is 1. The molecule has 0 heterocycles. The molecule has 0 amide bonds. The summed E-state index contributed by atoms with van der Waals surface area (Å²) in [4.78, 5) is 0.